The van der Waals surface area contributed by atoms with Gasteiger partial charge in [0.2, 0.25) is 29.5 Å². The van der Waals surface area contributed by atoms with Crippen molar-refractivity contribution in [2.45, 2.75) is 71.6 Å². The van der Waals surface area contributed by atoms with Crippen LogP contribution in [-0.4, -0.2) is 132 Å². The van der Waals surface area contributed by atoms with Crippen molar-refractivity contribution in [3.8, 4) is 5.75 Å². The van der Waals surface area contributed by atoms with Gasteiger partial charge in [-0.05, 0) is 99.5 Å². The molecule has 0 fully saturated rings. The van der Waals surface area contributed by atoms with Crippen molar-refractivity contribution in [1.29, 1.82) is 0 Å². The number of hydrogen-bond acceptors (Lipinski definition) is 16. The molecule has 7 aromatic heterocycles. The molecule has 9 aromatic rings. The molecule has 0 radical (unpaired) electrons. The number of nitrogens with two attached hydrogens (primary N) is 2. The number of alkyl halides is 3. The maximum absolute atomic E-state index is 14.4. The van der Waals surface area contributed by atoms with E-state index in [4.69, 9.17) is 27.8 Å². The van der Waals surface area contributed by atoms with Gasteiger partial charge in [0.1, 0.15) is 40.9 Å². The first-order chi connectivity index (χ1) is 50.7. The van der Waals surface area contributed by atoms with Crippen LogP contribution in [0.1, 0.15) is 148 Å². The fraction of sp³-hybridized carbons (Fsp3) is 0.275. The van der Waals surface area contributed by atoms with Gasteiger partial charge in [-0.2, -0.15) is 13.2 Å². The number of ether oxygens (including phenoxy) is 1. The van der Waals surface area contributed by atoms with E-state index in [0.717, 1.165) is 6.07 Å². The number of unbranched alkanes of at least 4 members (excludes halogenated alkanes) is 1. The van der Waals surface area contributed by atoms with Crippen LogP contribution in [0.2, 0.25) is 5.02 Å². The second-order valence-electron chi connectivity index (χ2n) is 24.4. The molecule has 562 valence electrons. The molecule has 0 saturated carbocycles. The summed E-state index contributed by atoms with van der Waals surface area (Å²) in [5.74, 6) is -7.91. The van der Waals surface area contributed by atoms with E-state index in [2.05, 4.69) is 63.1 Å². The highest BCUT2D eigenvalue weighted by atomic mass is 35.5. The predicted octanol–water partition coefficient (Wildman–Crippen LogP) is 7.49. The Morgan fingerprint density at radius 2 is 0.916 bits per heavy atom. The Labute approximate surface area is 612 Å². The fourth-order valence-corrected chi connectivity index (χ4v) is 11.3. The zero-order chi connectivity index (χ0) is 77.7. The second kappa shape index (κ2) is 34.0. The maximum Gasteiger partial charge on any atom is 0.417 e. The minimum absolute atomic E-state index is 0.000654. The lowest BCUT2D eigenvalue weighted by molar-refractivity contribution is -0.137. The first kappa shape index (κ1) is 78.1. The second-order valence-corrected chi connectivity index (χ2v) is 24.8. The van der Waals surface area contributed by atoms with Crippen molar-refractivity contribution in [2.75, 3.05) is 67.5 Å². The third kappa shape index (κ3) is 20.2. The molecule has 2 aromatic carbocycles. The lowest BCUT2D eigenvalue weighted by Gasteiger charge is -2.15. The van der Waals surface area contributed by atoms with E-state index in [9.17, 15) is 70.7 Å². The molecule has 0 atom stereocenters. The Kier molecular flexibility index (Phi) is 24.8. The van der Waals surface area contributed by atoms with E-state index in [1.165, 1.54) is 152 Å². The highest BCUT2D eigenvalue weighted by molar-refractivity contribution is 6.31. The van der Waals surface area contributed by atoms with Crippen molar-refractivity contribution in [2.24, 2.45) is 46.7 Å². The van der Waals surface area contributed by atoms with Crippen molar-refractivity contribution in [3.63, 3.8) is 0 Å². The standard InChI is InChI=1S/C69H75ClF3N21O13/c1-8-107-53-18-16-38(22-45(53)63(101)80-39-15-17-47(70)46(23-39)69(71,72)73)77-57(97)13-10-9-12-56(96)76-21-19-59(99)79-41-26-51(90(5)30-41)66(104)86-55-35-94(62(85-55)68(106)87-54-34-92(7)61(84-54)37(2)95)36-93-33-44(28-52(93)67(105)82-42-24-48(60(75)100)88(3)31-42)83-65(103)50-27-43(32-91(50)6)81-64(102)49-25-40(29-89(49)4)78-58(98)14-11-20-74/h15-18,22-35H,8-14,19-21,36,74H2,1-7H3,(H2,75,100)(H,76,96)(H,77,97)(H,78,98)(H,79,99)(H,80,101)(H,81,102)(H,82,105)(H,83,103)(H,86,104)(H,87,106). The van der Waals surface area contributed by atoms with Crippen LogP contribution in [-0.2, 0) is 67.3 Å². The fourth-order valence-electron chi connectivity index (χ4n) is 11.1. The number of benzene rings is 2. The number of nitrogens with zero attached hydrogens (tertiary/aromatic N) is 9. The number of nitrogens with one attached hydrogen (secondary N) is 10. The van der Waals surface area contributed by atoms with Gasteiger partial charge in [0.05, 0.1) is 57.4 Å². The van der Waals surface area contributed by atoms with Crippen molar-refractivity contribution in [3.05, 3.63) is 166 Å². The summed E-state index contributed by atoms with van der Waals surface area (Å²) >= 11 is 5.73. The van der Waals surface area contributed by atoms with E-state index in [1.54, 1.807) is 27.2 Å². The number of ketones is 1. The number of hydrogen-bond donors (Lipinski definition) is 12. The zero-order valence-electron chi connectivity index (χ0n) is 58.7. The molecule has 0 aliphatic rings. The Morgan fingerprint density at radius 3 is 1.46 bits per heavy atom. The molecule has 38 heteroatoms. The van der Waals surface area contributed by atoms with E-state index >= 15 is 0 Å². The molecule has 11 amide bonds. The van der Waals surface area contributed by atoms with E-state index in [1.807, 2.05) is 0 Å². The van der Waals surface area contributed by atoms with Gasteiger partial charge in [0.25, 0.3) is 41.4 Å². The molecule has 9 rings (SSSR count). The Morgan fingerprint density at radius 1 is 0.467 bits per heavy atom. The van der Waals surface area contributed by atoms with E-state index in [0.29, 0.717) is 24.7 Å². The molecule has 0 saturated heterocycles. The number of halogens is 4. The predicted molar refractivity (Wildman–Crippen MR) is 387 cm³/mol. The molecule has 0 spiro atoms. The van der Waals surface area contributed by atoms with Gasteiger partial charge < -0.3 is 101 Å². The monoisotopic (exact) mass is 1500 g/mol. The van der Waals surface area contributed by atoms with Crippen LogP contribution in [0.3, 0.4) is 0 Å². The van der Waals surface area contributed by atoms with Gasteiger partial charge >= 0.3 is 6.18 Å². The first-order valence-corrected chi connectivity index (χ1v) is 33.3. The zero-order valence-corrected chi connectivity index (χ0v) is 59.4. The smallest absolute Gasteiger partial charge is 0.417 e. The van der Waals surface area contributed by atoms with E-state index < -0.39 is 88.3 Å². The molecule has 0 bridgehead atoms. The summed E-state index contributed by atoms with van der Waals surface area (Å²) in [6.07, 6.45) is 6.18. The number of aromatic nitrogens is 9. The van der Waals surface area contributed by atoms with Crippen LogP contribution < -0.4 is 69.4 Å². The molecule has 34 nitrogen and oxygen atoms in total. The Balaban J connectivity index is 0.837. The van der Waals surface area contributed by atoms with Crippen LogP contribution in [0.25, 0.3) is 0 Å². The molecule has 14 N–H and O–H groups in total. The number of rotatable bonds is 32. The lowest BCUT2D eigenvalue weighted by atomic mass is 10.1. The number of anilines is 9. The van der Waals surface area contributed by atoms with Gasteiger partial charge in [0, 0.05) is 123 Å². The van der Waals surface area contributed by atoms with Crippen molar-refractivity contribution in [1.82, 2.24) is 47.3 Å². The van der Waals surface area contributed by atoms with Crippen LogP contribution in [0, 0.1) is 0 Å². The SMILES string of the molecule is CCOc1ccc(NC(=O)CCCCC(=O)NCCC(=O)Nc2cc(C(=O)Nc3cn(Cn4cc(NC(=O)c5cc(NC(=O)c6cc(NC(=O)CCCN)cn6C)cn5C)cc4C(=O)Nc4cc(C(N)=O)n(C)c4)c(C(=O)Nc4cn(C)c(C(C)=O)n4)n3)n(C)c2)cc1C(=O)Nc1ccc(Cl)c(C(F)(F)F)c1. The highest BCUT2D eigenvalue weighted by Gasteiger charge is 2.34. The van der Waals surface area contributed by atoms with Crippen LogP contribution >= 0.6 is 11.6 Å². The molecule has 0 unspecified atom stereocenters. The summed E-state index contributed by atoms with van der Waals surface area (Å²) < 4.78 is 55.7. The molecule has 107 heavy (non-hydrogen) atoms. The summed E-state index contributed by atoms with van der Waals surface area (Å²) in [5.41, 5.74) is 11.0. The Bertz CT molecular complexity index is 4970. The first-order valence-electron chi connectivity index (χ1n) is 32.9. The summed E-state index contributed by atoms with van der Waals surface area (Å²) in [6, 6.07) is 14.0. The van der Waals surface area contributed by atoms with Crippen molar-refractivity contribution >= 4 is 134 Å². The molecule has 0 aliphatic carbocycles. The molecular weight excluding hydrogens is 1420 g/mol. The summed E-state index contributed by atoms with van der Waals surface area (Å²) in [7, 11) is 7.77. The molecule has 7 heterocycles. The average molecular weight is 1500 g/mol. The number of imidazole rings is 2. The number of aryl methyl sites for hydroxylation is 5. The van der Waals surface area contributed by atoms with E-state index in [-0.39, 0.29) is 155 Å². The minimum Gasteiger partial charge on any atom is -0.493 e. The summed E-state index contributed by atoms with van der Waals surface area (Å²) in [6.45, 7) is 2.91. The third-order valence-corrected chi connectivity index (χ3v) is 16.4. The highest BCUT2D eigenvalue weighted by Crippen LogP contribution is 2.37. The van der Waals surface area contributed by atoms with Gasteiger partial charge in [-0.25, -0.2) is 9.97 Å². The topological polar surface area (TPSA) is 447 Å². The van der Waals surface area contributed by atoms with Crippen LogP contribution in [0.4, 0.5) is 64.6 Å². The number of amides is 11. The average Bonchev–Trinajstić information content (AvgIpc) is 1.69. The number of primary amides is 1. The quantitative estimate of drug-likeness (QED) is 0.0143. The van der Waals surface area contributed by atoms with Gasteiger partial charge in [0.15, 0.2) is 23.2 Å². The van der Waals surface area contributed by atoms with Crippen molar-refractivity contribution < 1.29 is 75.4 Å². The Hall–Kier alpha value is -13.1. The van der Waals surface area contributed by atoms with Crippen LogP contribution in [0.5, 0.6) is 5.75 Å². The normalized spacial score (nSPS) is 11.1. The number of carbonyl (C=O) groups excluding carboxylic acids is 12. The minimum atomic E-state index is -4.78. The number of carbonyl (C=O) groups is 12. The maximum atomic E-state index is 14.4. The largest absolute Gasteiger partial charge is 0.493 e. The number of Topliss-reactive ketones (excluding diaryl/α,β-unsaturated/α-hetero) is 1. The molecular formula is C69H75ClF3N21O13. The summed E-state index contributed by atoms with van der Waals surface area (Å²) in [4.78, 5) is 168. The van der Waals surface area contributed by atoms with Gasteiger partial charge in [-0.1, -0.05) is 11.6 Å². The lowest BCUT2D eigenvalue weighted by Crippen LogP contribution is -2.27. The van der Waals surface area contributed by atoms with Crippen LogP contribution in [0.15, 0.2) is 110 Å². The van der Waals surface area contributed by atoms with Gasteiger partial charge in [-0.15, -0.1) is 0 Å². The summed E-state index contributed by atoms with van der Waals surface area (Å²) in [5, 5.41) is 26.1. The van der Waals surface area contributed by atoms with Gasteiger partial charge in [-0.3, -0.25) is 57.5 Å². The third-order valence-electron chi connectivity index (χ3n) is 16.1. The molecule has 0 aliphatic heterocycles.